The molecular formula is C15H15N3O2. The molecule has 5 nitrogen and oxygen atoms in total. The molecule has 0 fully saturated rings. The van der Waals surface area contributed by atoms with Crippen LogP contribution in [0.5, 0.6) is 0 Å². The number of rotatable bonds is 3. The van der Waals surface area contributed by atoms with Gasteiger partial charge in [0.1, 0.15) is 0 Å². The average Bonchev–Trinajstić information content (AvgIpc) is 3.02. The number of carbonyl (C=O) groups excluding carboxylic acids is 2. The van der Waals surface area contributed by atoms with E-state index in [-0.39, 0.29) is 0 Å². The summed E-state index contributed by atoms with van der Waals surface area (Å²) in [6.45, 7) is 4.94. The van der Waals surface area contributed by atoms with Crippen molar-refractivity contribution >= 4 is 17.4 Å². The van der Waals surface area contributed by atoms with Crippen LogP contribution in [0.15, 0.2) is 30.6 Å². The predicted molar refractivity (Wildman–Crippen MR) is 74.8 cm³/mol. The van der Waals surface area contributed by atoms with Gasteiger partial charge in [-0.2, -0.15) is 5.10 Å². The van der Waals surface area contributed by atoms with E-state index in [4.69, 9.17) is 0 Å². The molecule has 0 saturated heterocycles. The quantitative estimate of drug-likeness (QED) is 0.797. The normalized spacial score (nSPS) is 14.0. The third kappa shape index (κ3) is 1.82. The first-order valence-corrected chi connectivity index (χ1v) is 6.53. The standard InChI is InChI=1S/C15H15N3O2/c1-10-4-5-12-13(11(10)2)18(15(20)14(12)19)9-8-17-7-3-6-16-17/h3-7H,8-9H2,1-2H3. The third-order valence-electron chi connectivity index (χ3n) is 3.77. The molecule has 0 atom stereocenters. The molecule has 5 heteroatoms. The van der Waals surface area contributed by atoms with Crippen molar-refractivity contribution in [2.45, 2.75) is 20.4 Å². The smallest absolute Gasteiger partial charge is 0.299 e. The number of hydrogen-bond donors (Lipinski definition) is 0. The summed E-state index contributed by atoms with van der Waals surface area (Å²) in [7, 11) is 0. The van der Waals surface area contributed by atoms with Gasteiger partial charge in [0.2, 0.25) is 0 Å². The number of amides is 1. The highest BCUT2D eigenvalue weighted by atomic mass is 16.2. The first-order valence-electron chi connectivity index (χ1n) is 6.53. The van der Waals surface area contributed by atoms with Gasteiger partial charge < -0.3 is 4.90 Å². The largest absolute Gasteiger partial charge is 0.303 e. The van der Waals surface area contributed by atoms with Crippen LogP contribution in [0.1, 0.15) is 21.5 Å². The van der Waals surface area contributed by atoms with Crippen molar-refractivity contribution in [3.05, 3.63) is 47.3 Å². The van der Waals surface area contributed by atoms with E-state index >= 15 is 0 Å². The zero-order valence-corrected chi connectivity index (χ0v) is 11.5. The second kappa shape index (κ2) is 4.59. The predicted octanol–water partition coefficient (Wildman–Crippen LogP) is 1.73. The summed E-state index contributed by atoms with van der Waals surface area (Å²) >= 11 is 0. The van der Waals surface area contributed by atoms with E-state index in [2.05, 4.69) is 5.10 Å². The van der Waals surface area contributed by atoms with Gasteiger partial charge in [-0.05, 0) is 37.1 Å². The lowest BCUT2D eigenvalue weighted by atomic mass is 10.0. The van der Waals surface area contributed by atoms with Gasteiger partial charge >= 0.3 is 0 Å². The number of benzene rings is 1. The van der Waals surface area contributed by atoms with Gasteiger partial charge in [0.15, 0.2) is 0 Å². The Kier molecular flexibility index (Phi) is 2.89. The Labute approximate surface area is 116 Å². The minimum atomic E-state index is -0.444. The van der Waals surface area contributed by atoms with E-state index in [1.807, 2.05) is 32.2 Å². The molecule has 0 radical (unpaired) electrons. The number of ketones is 1. The Morgan fingerprint density at radius 3 is 2.65 bits per heavy atom. The summed E-state index contributed by atoms with van der Waals surface area (Å²) in [5, 5.41) is 4.11. The summed E-state index contributed by atoms with van der Waals surface area (Å²) in [4.78, 5) is 25.7. The lowest BCUT2D eigenvalue weighted by molar-refractivity contribution is -0.114. The molecule has 0 spiro atoms. The highest BCUT2D eigenvalue weighted by Gasteiger charge is 2.36. The van der Waals surface area contributed by atoms with Gasteiger partial charge in [-0.3, -0.25) is 14.3 Å². The molecule has 1 aliphatic rings. The van der Waals surface area contributed by atoms with Crippen LogP contribution in [0.3, 0.4) is 0 Å². The molecule has 20 heavy (non-hydrogen) atoms. The monoisotopic (exact) mass is 269 g/mol. The third-order valence-corrected chi connectivity index (χ3v) is 3.77. The van der Waals surface area contributed by atoms with Crippen LogP contribution in [0, 0.1) is 13.8 Å². The van der Waals surface area contributed by atoms with Crippen LogP contribution < -0.4 is 4.90 Å². The Balaban J connectivity index is 1.95. The minimum absolute atomic E-state index is 0.413. The lowest BCUT2D eigenvalue weighted by Crippen LogP contribution is -2.33. The summed E-state index contributed by atoms with van der Waals surface area (Å²) < 4.78 is 1.75. The average molecular weight is 269 g/mol. The topological polar surface area (TPSA) is 55.2 Å². The molecule has 2 aromatic rings. The fourth-order valence-corrected chi connectivity index (χ4v) is 2.52. The van der Waals surface area contributed by atoms with Gasteiger partial charge in [-0.25, -0.2) is 0 Å². The van der Waals surface area contributed by atoms with Crippen molar-refractivity contribution in [2.75, 3.05) is 11.4 Å². The molecule has 0 saturated carbocycles. The molecule has 2 heterocycles. The lowest BCUT2D eigenvalue weighted by Gasteiger charge is -2.19. The van der Waals surface area contributed by atoms with Crippen molar-refractivity contribution in [2.24, 2.45) is 0 Å². The molecule has 1 aromatic heterocycles. The van der Waals surface area contributed by atoms with Gasteiger partial charge in [0, 0.05) is 18.9 Å². The maximum absolute atomic E-state index is 12.1. The molecule has 0 N–H and O–H groups in total. The highest BCUT2D eigenvalue weighted by Crippen LogP contribution is 2.33. The zero-order valence-electron chi connectivity index (χ0n) is 11.5. The number of anilines is 1. The van der Waals surface area contributed by atoms with Gasteiger partial charge in [-0.1, -0.05) is 6.07 Å². The van der Waals surface area contributed by atoms with Crippen LogP contribution >= 0.6 is 0 Å². The van der Waals surface area contributed by atoms with E-state index in [0.717, 1.165) is 16.8 Å². The van der Waals surface area contributed by atoms with E-state index in [0.29, 0.717) is 18.7 Å². The van der Waals surface area contributed by atoms with Crippen LogP contribution in [-0.2, 0) is 11.3 Å². The number of aromatic nitrogens is 2. The molecule has 102 valence electrons. The summed E-state index contributed by atoms with van der Waals surface area (Å²) in [6, 6.07) is 5.46. The highest BCUT2D eigenvalue weighted by molar-refractivity contribution is 6.52. The number of hydrogen-bond acceptors (Lipinski definition) is 3. The van der Waals surface area contributed by atoms with Crippen LogP contribution in [-0.4, -0.2) is 28.0 Å². The first-order chi connectivity index (χ1) is 9.59. The number of nitrogens with zero attached hydrogens (tertiary/aromatic N) is 3. The van der Waals surface area contributed by atoms with E-state index in [9.17, 15) is 9.59 Å². The maximum atomic E-state index is 12.1. The SMILES string of the molecule is Cc1ccc2c(c1C)N(CCn1cccn1)C(=O)C2=O. The van der Waals surface area contributed by atoms with Crippen molar-refractivity contribution < 1.29 is 9.59 Å². The molecule has 1 amide bonds. The Bertz CT molecular complexity index is 689. The second-order valence-electron chi connectivity index (χ2n) is 4.96. The van der Waals surface area contributed by atoms with Gasteiger partial charge in [-0.15, -0.1) is 0 Å². The molecule has 0 bridgehead atoms. The second-order valence-corrected chi connectivity index (χ2v) is 4.96. The minimum Gasteiger partial charge on any atom is -0.303 e. The Morgan fingerprint density at radius 1 is 1.15 bits per heavy atom. The van der Waals surface area contributed by atoms with Crippen molar-refractivity contribution in [1.29, 1.82) is 0 Å². The molecule has 1 aromatic carbocycles. The Morgan fingerprint density at radius 2 is 1.95 bits per heavy atom. The number of aryl methyl sites for hydroxylation is 1. The summed E-state index contributed by atoms with van der Waals surface area (Å²) in [5.74, 6) is -0.857. The molecule has 3 rings (SSSR count). The van der Waals surface area contributed by atoms with E-state index < -0.39 is 11.7 Å². The van der Waals surface area contributed by atoms with Gasteiger partial charge in [0.05, 0.1) is 17.8 Å². The number of fused-ring (bicyclic) bond motifs is 1. The molecule has 0 aliphatic carbocycles. The van der Waals surface area contributed by atoms with Crippen molar-refractivity contribution in [3.63, 3.8) is 0 Å². The zero-order chi connectivity index (χ0) is 14.3. The molecule has 0 unspecified atom stereocenters. The molecule has 1 aliphatic heterocycles. The van der Waals surface area contributed by atoms with Gasteiger partial charge in [0.25, 0.3) is 11.7 Å². The summed E-state index contributed by atoms with van der Waals surface area (Å²) in [5.41, 5.74) is 3.34. The van der Waals surface area contributed by atoms with E-state index in [1.54, 1.807) is 21.8 Å². The maximum Gasteiger partial charge on any atom is 0.299 e. The first kappa shape index (κ1) is 12.6. The number of Topliss-reactive ketones (excluding diaryl/α,β-unsaturated/α-hetero) is 1. The van der Waals surface area contributed by atoms with Crippen LogP contribution in [0.2, 0.25) is 0 Å². The Hall–Kier alpha value is -2.43. The van der Waals surface area contributed by atoms with Crippen LogP contribution in [0.4, 0.5) is 5.69 Å². The summed E-state index contributed by atoms with van der Waals surface area (Å²) in [6.07, 6.45) is 3.53. The fraction of sp³-hybridized carbons (Fsp3) is 0.267. The molecular weight excluding hydrogens is 254 g/mol. The van der Waals surface area contributed by atoms with Crippen molar-refractivity contribution in [1.82, 2.24) is 9.78 Å². The van der Waals surface area contributed by atoms with E-state index in [1.165, 1.54) is 0 Å². The number of carbonyl (C=O) groups is 2. The van der Waals surface area contributed by atoms with Crippen molar-refractivity contribution in [3.8, 4) is 0 Å². The van der Waals surface area contributed by atoms with Crippen LogP contribution in [0.25, 0.3) is 0 Å². The fourth-order valence-electron chi connectivity index (χ4n) is 2.52.